The molecule has 39 heavy (non-hydrogen) atoms. The summed E-state index contributed by atoms with van der Waals surface area (Å²) in [6.45, 7) is 4.97. The van der Waals surface area contributed by atoms with Gasteiger partial charge in [-0.3, -0.25) is 0 Å². The minimum absolute atomic E-state index is 0.0677. The van der Waals surface area contributed by atoms with Crippen molar-refractivity contribution in [2.45, 2.75) is 44.4 Å². The molecule has 4 aromatic rings. The van der Waals surface area contributed by atoms with E-state index in [-0.39, 0.29) is 18.1 Å². The van der Waals surface area contributed by atoms with E-state index in [9.17, 15) is 4.79 Å². The molecule has 2 N–H and O–H groups in total. The summed E-state index contributed by atoms with van der Waals surface area (Å²) in [6, 6.07) is 27.8. The Morgan fingerprint density at radius 1 is 0.897 bits per heavy atom. The number of aryl methyl sites for hydroxylation is 1. The highest BCUT2D eigenvalue weighted by Gasteiger charge is 2.55. The van der Waals surface area contributed by atoms with Crippen LogP contribution >= 0.6 is 0 Å². The Kier molecular flexibility index (Phi) is 5.60. The molecule has 1 saturated heterocycles. The second-order valence-electron chi connectivity index (χ2n) is 10.5. The Bertz CT molecular complexity index is 1580. The highest BCUT2D eigenvalue weighted by Crippen LogP contribution is 2.59. The number of ether oxygens (including phenoxy) is 3. The van der Waals surface area contributed by atoms with Crippen LogP contribution in [0.3, 0.4) is 0 Å². The second kappa shape index (κ2) is 9.17. The van der Waals surface area contributed by atoms with E-state index in [1.807, 2.05) is 85.8 Å². The number of benzene rings is 4. The fourth-order valence-corrected chi connectivity index (χ4v) is 6.14. The molecule has 3 aliphatic heterocycles. The van der Waals surface area contributed by atoms with Gasteiger partial charge in [-0.1, -0.05) is 42.5 Å². The summed E-state index contributed by atoms with van der Waals surface area (Å²) in [5, 5.41) is 7.24. The summed E-state index contributed by atoms with van der Waals surface area (Å²) in [5.41, 5.74) is 5.58. The highest BCUT2D eigenvalue weighted by molar-refractivity contribution is 5.97. The number of fused-ring (bicyclic) bond motifs is 6. The molecule has 3 heterocycles. The average Bonchev–Trinajstić information content (AvgIpc) is 3.58. The Morgan fingerprint density at radius 2 is 1.72 bits per heavy atom. The zero-order chi connectivity index (χ0) is 26.6. The molecule has 0 amide bonds. The lowest BCUT2D eigenvalue weighted by atomic mass is 9.76. The molecular formula is C33H30N2O4. The topological polar surface area (TPSA) is 68.8 Å². The smallest absolute Gasteiger partial charge is 0.340 e. The maximum Gasteiger partial charge on any atom is 0.340 e. The highest BCUT2D eigenvalue weighted by atomic mass is 16.6. The number of rotatable bonds is 5. The third-order valence-electron chi connectivity index (χ3n) is 8.03. The van der Waals surface area contributed by atoms with Crippen molar-refractivity contribution in [1.82, 2.24) is 0 Å². The van der Waals surface area contributed by atoms with E-state index in [0.29, 0.717) is 17.1 Å². The van der Waals surface area contributed by atoms with Gasteiger partial charge < -0.3 is 24.8 Å². The van der Waals surface area contributed by atoms with Gasteiger partial charge in [0.1, 0.15) is 11.5 Å². The van der Waals surface area contributed by atoms with Gasteiger partial charge in [0.2, 0.25) is 0 Å². The monoisotopic (exact) mass is 518 g/mol. The maximum atomic E-state index is 13.4. The largest absolute Gasteiger partial charge is 0.456 e. The predicted octanol–water partition coefficient (Wildman–Crippen LogP) is 7.29. The first-order chi connectivity index (χ1) is 19.0. The van der Waals surface area contributed by atoms with Crippen LogP contribution in [0.25, 0.3) is 0 Å². The lowest BCUT2D eigenvalue weighted by Gasteiger charge is -2.39. The van der Waals surface area contributed by atoms with Gasteiger partial charge in [0.05, 0.1) is 17.2 Å². The average molecular weight is 519 g/mol. The summed E-state index contributed by atoms with van der Waals surface area (Å²) in [6.07, 6.45) is 2.20. The van der Waals surface area contributed by atoms with Crippen LogP contribution in [0.4, 0.5) is 17.1 Å². The van der Waals surface area contributed by atoms with Crippen LogP contribution in [0.5, 0.6) is 11.5 Å². The van der Waals surface area contributed by atoms with Gasteiger partial charge in [-0.25, -0.2) is 4.79 Å². The minimum Gasteiger partial charge on any atom is -0.456 e. The van der Waals surface area contributed by atoms with Crippen molar-refractivity contribution >= 4 is 23.0 Å². The number of anilines is 3. The normalized spacial score (nSPS) is 21.4. The van der Waals surface area contributed by atoms with Crippen LogP contribution in [0.2, 0.25) is 0 Å². The molecule has 1 spiro atoms. The Balaban J connectivity index is 1.43. The molecule has 6 heteroatoms. The fraction of sp³-hybridized carbons (Fsp3) is 0.242. The third kappa shape index (κ3) is 3.78. The van der Waals surface area contributed by atoms with Gasteiger partial charge in [0, 0.05) is 40.8 Å². The van der Waals surface area contributed by atoms with Gasteiger partial charge in [0.25, 0.3) is 0 Å². The van der Waals surface area contributed by atoms with Gasteiger partial charge in [-0.05, 0) is 74.7 Å². The molecule has 3 unspecified atom stereocenters. The molecule has 1 fully saturated rings. The van der Waals surface area contributed by atoms with Crippen LogP contribution in [0, 0.1) is 6.92 Å². The molecule has 7 rings (SSSR count). The first kappa shape index (κ1) is 23.8. The number of hydrogen-bond donors (Lipinski definition) is 2. The van der Waals surface area contributed by atoms with E-state index in [1.165, 1.54) is 0 Å². The predicted molar refractivity (Wildman–Crippen MR) is 151 cm³/mol. The number of carbonyl (C=O) groups is 1. The standard InChI is InChI=1S/C33H30N2O4/c1-20-18-30-25(19-27(20)35-22-10-4-3-5-11-22)33(24-13-7-6-12-23(24)32(36)39-33)31-26(14-8-15-29(31)38-30)34-21(2)28-16-9-17-37-28/h3-8,10-15,18-19,21,28,34-35H,9,16-17H2,1-2H3. The van der Waals surface area contributed by atoms with Gasteiger partial charge in [0.15, 0.2) is 5.60 Å². The van der Waals surface area contributed by atoms with E-state index >= 15 is 0 Å². The van der Waals surface area contributed by atoms with E-state index < -0.39 is 5.60 Å². The van der Waals surface area contributed by atoms with E-state index in [1.54, 1.807) is 0 Å². The van der Waals surface area contributed by atoms with Gasteiger partial charge in [-0.2, -0.15) is 0 Å². The molecule has 196 valence electrons. The zero-order valence-corrected chi connectivity index (χ0v) is 22.0. The van der Waals surface area contributed by atoms with Crippen LogP contribution in [0.15, 0.2) is 84.9 Å². The molecule has 6 nitrogen and oxygen atoms in total. The second-order valence-corrected chi connectivity index (χ2v) is 10.5. The number of esters is 1. The van der Waals surface area contributed by atoms with Crippen molar-refractivity contribution in [2.24, 2.45) is 0 Å². The summed E-state index contributed by atoms with van der Waals surface area (Å²) < 4.78 is 19.0. The molecule has 0 saturated carbocycles. The van der Waals surface area contributed by atoms with Crippen molar-refractivity contribution in [3.05, 3.63) is 113 Å². The van der Waals surface area contributed by atoms with Crippen LogP contribution < -0.4 is 15.4 Å². The Labute approximate surface area is 227 Å². The number of carbonyl (C=O) groups excluding carboxylic acids is 1. The first-order valence-corrected chi connectivity index (χ1v) is 13.5. The molecule has 3 aliphatic rings. The molecule has 0 radical (unpaired) electrons. The van der Waals surface area contributed by atoms with Crippen molar-refractivity contribution in [2.75, 3.05) is 17.2 Å². The Morgan fingerprint density at radius 3 is 2.54 bits per heavy atom. The Hall–Kier alpha value is -4.29. The van der Waals surface area contributed by atoms with Crippen LogP contribution in [-0.2, 0) is 15.1 Å². The lowest BCUT2D eigenvalue weighted by molar-refractivity contribution is 0.0226. The van der Waals surface area contributed by atoms with Gasteiger partial charge in [-0.15, -0.1) is 0 Å². The van der Waals surface area contributed by atoms with Crippen molar-refractivity contribution < 1.29 is 19.0 Å². The molecule has 0 bridgehead atoms. The van der Waals surface area contributed by atoms with Crippen LogP contribution in [-0.4, -0.2) is 24.7 Å². The first-order valence-electron chi connectivity index (χ1n) is 13.5. The fourth-order valence-electron chi connectivity index (χ4n) is 6.14. The summed E-state index contributed by atoms with van der Waals surface area (Å²) in [7, 11) is 0. The summed E-state index contributed by atoms with van der Waals surface area (Å²) in [4.78, 5) is 13.4. The quantitative estimate of drug-likeness (QED) is 0.271. The molecule has 3 atom stereocenters. The van der Waals surface area contributed by atoms with Crippen LogP contribution in [0.1, 0.15) is 52.4 Å². The SMILES string of the molecule is Cc1cc2c(cc1Nc1ccccc1)C1(OC(=O)c3ccccc31)c1c(NC(C)C3CCCO3)cccc1O2. The van der Waals surface area contributed by atoms with Gasteiger partial charge >= 0.3 is 5.97 Å². The number of hydrogen-bond acceptors (Lipinski definition) is 6. The third-order valence-corrected chi connectivity index (χ3v) is 8.03. The summed E-state index contributed by atoms with van der Waals surface area (Å²) >= 11 is 0. The van der Waals surface area contributed by atoms with Crippen molar-refractivity contribution in [1.29, 1.82) is 0 Å². The summed E-state index contributed by atoms with van der Waals surface area (Å²) in [5.74, 6) is 0.997. The minimum atomic E-state index is -1.17. The molecule has 0 aliphatic carbocycles. The molecule has 0 aromatic heterocycles. The molecule has 4 aromatic carbocycles. The number of para-hydroxylation sites is 1. The van der Waals surface area contributed by atoms with Crippen molar-refractivity contribution in [3.63, 3.8) is 0 Å². The zero-order valence-electron chi connectivity index (χ0n) is 22.0. The van der Waals surface area contributed by atoms with Crippen molar-refractivity contribution in [3.8, 4) is 11.5 Å². The maximum absolute atomic E-state index is 13.4. The number of nitrogens with one attached hydrogen (secondary N) is 2. The lowest BCUT2D eigenvalue weighted by Crippen LogP contribution is -2.36. The van der Waals surface area contributed by atoms with E-state index in [4.69, 9.17) is 14.2 Å². The van der Waals surface area contributed by atoms with E-state index in [2.05, 4.69) is 23.6 Å². The van der Waals surface area contributed by atoms with E-state index in [0.717, 1.165) is 58.8 Å². The molecular weight excluding hydrogens is 488 g/mol.